The molecule has 140 valence electrons. The van der Waals surface area contributed by atoms with E-state index in [9.17, 15) is 9.59 Å². The Morgan fingerprint density at radius 2 is 2.19 bits per heavy atom. The van der Waals surface area contributed by atoms with Crippen LogP contribution < -0.4 is 5.32 Å². The molecule has 0 unspecified atom stereocenters. The molecule has 0 saturated carbocycles. The Morgan fingerprint density at radius 1 is 1.37 bits per heavy atom. The Hall–Kier alpha value is -2.33. The molecular weight excluding hydrogens is 413 g/mol. The Bertz CT molecular complexity index is 988. The standard InChI is InChI=1S/C16H13Cl2N5O3S/c1-26-8-13-14(15(25)20-16-19-5-10(7-24)27-16)21-22-23(13)6-9-2-3-11(17)12(18)4-9/h2-5,7H,6,8H2,1H3,(H,19,20,25). The summed E-state index contributed by atoms with van der Waals surface area (Å²) in [6, 6.07) is 5.22. The van der Waals surface area contributed by atoms with Crippen molar-refractivity contribution >= 4 is 51.9 Å². The number of benzene rings is 1. The zero-order chi connectivity index (χ0) is 19.4. The smallest absolute Gasteiger partial charge is 0.280 e. The molecule has 2 heterocycles. The van der Waals surface area contributed by atoms with E-state index in [1.165, 1.54) is 13.3 Å². The van der Waals surface area contributed by atoms with Crippen LogP contribution in [0.4, 0.5) is 5.13 Å². The number of halogens is 2. The summed E-state index contributed by atoms with van der Waals surface area (Å²) in [5.74, 6) is -0.491. The maximum atomic E-state index is 12.5. The molecule has 0 saturated heterocycles. The first kappa shape index (κ1) is 19.4. The number of aldehydes is 1. The van der Waals surface area contributed by atoms with E-state index in [0.29, 0.717) is 38.6 Å². The normalized spacial score (nSPS) is 10.8. The fourth-order valence-corrected chi connectivity index (χ4v) is 3.23. The van der Waals surface area contributed by atoms with Crippen LogP contribution in [0.1, 0.15) is 31.4 Å². The van der Waals surface area contributed by atoms with Crippen molar-refractivity contribution in [2.75, 3.05) is 12.4 Å². The van der Waals surface area contributed by atoms with Crippen molar-refractivity contribution in [2.24, 2.45) is 0 Å². The highest BCUT2D eigenvalue weighted by Crippen LogP contribution is 2.23. The lowest BCUT2D eigenvalue weighted by atomic mass is 10.2. The minimum absolute atomic E-state index is 0.111. The highest BCUT2D eigenvalue weighted by Gasteiger charge is 2.21. The summed E-state index contributed by atoms with van der Waals surface area (Å²) in [7, 11) is 1.51. The fourth-order valence-electron chi connectivity index (χ4n) is 2.28. The first-order valence-electron chi connectivity index (χ1n) is 7.59. The van der Waals surface area contributed by atoms with Gasteiger partial charge in [-0.25, -0.2) is 9.67 Å². The van der Waals surface area contributed by atoms with Crippen LogP contribution in [0.15, 0.2) is 24.4 Å². The molecule has 2 aromatic heterocycles. The number of nitrogens with zero attached hydrogens (tertiary/aromatic N) is 4. The molecule has 3 aromatic rings. The van der Waals surface area contributed by atoms with E-state index in [1.807, 2.05) is 6.07 Å². The monoisotopic (exact) mass is 425 g/mol. The van der Waals surface area contributed by atoms with Crippen LogP contribution in [0.5, 0.6) is 0 Å². The molecule has 0 radical (unpaired) electrons. The number of anilines is 1. The summed E-state index contributed by atoms with van der Waals surface area (Å²) in [6.07, 6.45) is 2.04. The van der Waals surface area contributed by atoms with Gasteiger partial charge in [0.2, 0.25) is 0 Å². The van der Waals surface area contributed by atoms with E-state index in [4.69, 9.17) is 27.9 Å². The van der Waals surface area contributed by atoms with E-state index in [0.717, 1.165) is 16.9 Å². The second kappa shape index (κ2) is 8.57. The van der Waals surface area contributed by atoms with E-state index >= 15 is 0 Å². The van der Waals surface area contributed by atoms with Gasteiger partial charge in [-0.05, 0) is 17.7 Å². The Balaban J connectivity index is 1.84. The van der Waals surface area contributed by atoms with Gasteiger partial charge in [0.1, 0.15) is 0 Å². The third kappa shape index (κ3) is 4.51. The van der Waals surface area contributed by atoms with Crippen LogP contribution in [0.2, 0.25) is 10.0 Å². The predicted molar refractivity (Wildman–Crippen MR) is 102 cm³/mol. The first-order valence-corrected chi connectivity index (χ1v) is 9.16. The molecule has 27 heavy (non-hydrogen) atoms. The Labute approximate surface area is 168 Å². The number of carbonyl (C=O) groups is 2. The van der Waals surface area contributed by atoms with Gasteiger partial charge in [0.25, 0.3) is 5.91 Å². The van der Waals surface area contributed by atoms with Crippen LogP contribution in [-0.2, 0) is 17.9 Å². The molecule has 0 aliphatic heterocycles. The van der Waals surface area contributed by atoms with E-state index in [-0.39, 0.29) is 12.3 Å². The highest BCUT2D eigenvalue weighted by atomic mass is 35.5. The summed E-state index contributed by atoms with van der Waals surface area (Å²) in [6.45, 7) is 0.469. The Morgan fingerprint density at radius 3 is 2.85 bits per heavy atom. The molecule has 1 amide bonds. The molecule has 1 N–H and O–H groups in total. The lowest BCUT2D eigenvalue weighted by Crippen LogP contribution is -2.16. The molecule has 0 aliphatic carbocycles. The molecule has 8 nitrogen and oxygen atoms in total. The van der Waals surface area contributed by atoms with Crippen molar-refractivity contribution in [3.05, 3.63) is 56.3 Å². The molecule has 0 fully saturated rings. The van der Waals surface area contributed by atoms with E-state index < -0.39 is 5.91 Å². The minimum atomic E-state index is -0.491. The molecule has 0 spiro atoms. The van der Waals surface area contributed by atoms with Crippen LogP contribution in [0.3, 0.4) is 0 Å². The topological polar surface area (TPSA) is 99.0 Å². The largest absolute Gasteiger partial charge is 0.378 e. The number of nitrogens with one attached hydrogen (secondary N) is 1. The number of ether oxygens (including phenoxy) is 1. The second-order valence-corrected chi connectivity index (χ2v) is 7.24. The van der Waals surface area contributed by atoms with Gasteiger partial charge < -0.3 is 4.74 Å². The third-order valence-electron chi connectivity index (χ3n) is 3.51. The van der Waals surface area contributed by atoms with Crippen molar-refractivity contribution in [3.8, 4) is 0 Å². The SMILES string of the molecule is COCc1c(C(=O)Nc2ncc(C=O)s2)nnn1Cc1ccc(Cl)c(Cl)c1. The van der Waals surface area contributed by atoms with Crippen LogP contribution in [0.25, 0.3) is 0 Å². The van der Waals surface area contributed by atoms with Gasteiger partial charge in [0.05, 0.1) is 40.0 Å². The quantitative estimate of drug-likeness (QED) is 0.582. The lowest BCUT2D eigenvalue weighted by Gasteiger charge is -2.08. The van der Waals surface area contributed by atoms with Gasteiger partial charge in [-0.15, -0.1) is 5.10 Å². The molecule has 1 aromatic carbocycles. The van der Waals surface area contributed by atoms with Crippen LogP contribution in [0, 0.1) is 0 Å². The number of amides is 1. The number of hydrogen-bond donors (Lipinski definition) is 1. The average molecular weight is 426 g/mol. The molecular formula is C16H13Cl2N5O3S. The number of methoxy groups -OCH3 is 1. The van der Waals surface area contributed by atoms with Gasteiger partial charge in [-0.2, -0.15) is 0 Å². The summed E-state index contributed by atoms with van der Waals surface area (Å²) in [5, 5.41) is 11.8. The Kier molecular flexibility index (Phi) is 6.17. The molecule has 0 aliphatic rings. The van der Waals surface area contributed by atoms with Crippen LogP contribution in [-0.4, -0.2) is 39.3 Å². The summed E-state index contributed by atoms with van der Waals surface area (Å²) in [4.78, 5) is 27.6. The van der Waals surface area contributed by atoms with Crippen molar-refractivity contribution in [1.82, 2.24) is 20.0 Å². The summed E-state index contributed by atoms with van der Waals surface area (Å²) >= 11 is 13.0. The number of carbonyl (C=O) groups excluding carboxylic acids is 2. The van der Waals surface area contributed by atoms with Gasteiger partial charge in [-0.1, -0.05) is 45.8 Å². The highest BCUT2D eigenvalue weighted by molar-refractivity contribution is 7.17. The minimum Gasteiger partial charge on any atom is -0.378 e. The molecule has 3 rings (SSSR count). The number of aromatic nitrogens is 4. The van der Waals surface area contributed by atoms with Crippen molar-refractivity contribution in [3.63, 3.8) is 0 Å². The fraction of sp³-hybridized carbons (Fsp3) is 0.188. The second-order valence-electron chi connectivity index (χ2n) is 5.36. The first-order chi connectivity index (χ1) is 13.0. The molecule has 11 heteroatoms. The zero-order valence-corrected chi connectivity index (χ0v) is 16.3. The van der Waals surface area contributed by atoms with Crippen molar-refractivity contribution in [2.45, 2.75) is 13.2 Å². The predicted octanol–water partition coefficient (Wildman–Crippen LogP) is 3.30. The van der Waals surface area contributed by atoms with Crippen molar-refractivity contribution in [1.29, 1.82) is 0 Å². The van der Waals surface area contributed by atoms with Crippen LogP contribution >= 0.6 is 34.5 Å². The maximum Gasteiger partial charge on any atom is 0.280 e. The number of thiazole rings is 1. The average Bonchev–Trinajstić information content (AvgIpc) is 3.26. The maximum absolute atomic E-state index is 12.5. The lowest BCUT2D eigenvalue weighted by molar-refractivity contribution is 0.101. The zero-order valence-electron chi connectivity index (χ0n) is 14.0. The van der Waals surface area contributed by atoms with E-state index in [2.05, 4.69) is 20.6 Å². The molecule has 0 bridgehead atoms. The van der Waals surface area contributed by atoms with Gasteiger partial charge >= 0.3 is 0 Å². The number of rotatable bonds is 7. The molecule has 0 atom stereocenters. The summed E-state index contributed by atoms with van der Waals surface area (Å²) < 4.78 is 6.73. The summed E-state index contributed by atoms with van der Waals surface area (Å²) in [5.41, 5.74) is 1.45. The third-order valence-corrected chi connectivity index (χ3v) is 5.09. The van der Waals surface area contributed by atoms with E-state index in [1.54, 1.807) is 16.8 Å². The van der Waals surface area contributed by atoms with Gasteiger partial charge in [-0.3, -0.25) is 14.9 Å². The van der Waals surface area contributed by atoms with Crippen molar-refractivity contribution < 1.29 is 14.3 Å². The number of hydrogen-bond acceptors (Lipinski definition) is 7. The van der Waals surface area contributed by atoms with Gasteiger partial charge in [0, 0.05) is 7.11 Å². The van der Waals surface area contributed by atoms with Gasteiger partial charge in [0.15, 0.2) is 17.1 Å².